The zero-order valence-corrected chi connectivity index (χ0v) is 23.5. The Bertz CT molecular complexity index is 1780. The van der Waals surface area contributed by atoms with Crippen LogP contribution in [0.4, 0.5) is 5.69 Å². The van der Waals surface area contributed by atoms with E-state index in [9.17, 15) is 23.1 Å². The Morgan fingerprint density at radius 1 is 0.927 bits per heavy atom. The van der Waals surface area contributed by atoms with Crippen LogP contribution >= 0.6 is 0 Å². The fourth-order valence-corrected chi connectivity index (χ4v) is 4.74. The second kappa shape index (κ2) is 11.7. The molecule has 0 atom stereocenters. The van der Waals surface area contributed by atoms with Crippen molar-refractivity contribution in [1.82, 2.24) is 5.32 Å². The number of carbonyl (C=O) groups excluding carboxylic acids is 1. The SMILES string of the molecule is CC(C)CNC(=O)c1ccc(-c2cc(NS(C)(=O)=O)ccc2Oc2ccc3cc(C(=N)N)ccc3c2)c(C(=O)O)c1. The molecule has 0 aliphatic rings. The monoisotopic (exact) mass is 574 g/mol. The van der Waals surface area contributed by atoms with Gasteiger partial charge in [0, 0.05) is 34.5 Å². The highest BCUT2D eigenvalue weighted by atomic mass is 32.2. The molecule has 6 N–H and O–H groups in total. The van der Waals surface area contributed by atoms with Gasteiger partial charge in [-0.3, -0.25) is 14.9 Å². The number of carboxylic acids is 1. The average molecular weight is 575 g/mol. The summed E-state index contributed by atoms with van der Waals surface area (Å²) in [5.41, 5.74) is 6.96. The summed E-state index contributed by atoms with van der Waals surface area (Å²) in [6.45, 7) is 4.33. The minimum absolute atomic E-state index is 0.0442. The van der Waals surface area contributed by atoms with Gasteiger partial charge < -0.3 is 20.9 Å². The maximum Gasteiger partial charge on any atom is 0.336 e. The van der Waals surface area contributed by atoms with E-state index in [1.165, 1.54) is 30.3 Å². The van der Waals surface area contributed by atoms with Crippen molar-refractivity contribution < 1.29 is 27.9 Å². The highest BCUT2D eigenvalue weighted by molar-refractivity contribution is 7.92. The second-order valence-corrected chi connectivity index (χ2v) is 11.7. The molecule has 0 fully saturated rings. The number of sulfonamides is 1. The molecular weight excluding hydrogens is 544 g/mol. The van der Waals surface area contributed by atoms with Crippen molar-refractivity contribution in [2.75, 3.05) is 17.5 Å². The number of hydrogen-bond acceptors (Lipinski definition) is 6. The molecule has 0 saturated carbocycles. The lowest BCUT2D eigenvalue weighted by Crippen LogP contribution is -2.27. The first-order valence-electron chi connectivity index (χ1n) is 12.6. The number of amides is 1. The predicted octanol–water partition coefficient (Wildman–Crippen LogP) is 5.04. The van der Waals surface area contributed by atoms with Gasteiger partial charge in [-0.25, -0.2) is 13.2 Å². The van der Waals surface area contributed by atoms with E-state index in [4.69, 9.17) is 15.9 Å². The molecule has 11 heteroatoms. The van der Waals surface area contributed by atoms with Crippen LogP contribution in [0.2, 0.25) is 0 Å². The van der Waals surface area contributed by atoms with Crippen molar-refractivity contribution in [3.05, 3.63) is 89.5 Å². The van der Waals surface area contributed by atoms with Crippen LogP contribution in [0, 0.1) is 11.3 Å². The molecule has 212 valence electrons. The van der Waals surface area contributed by atoms with E-state index in [1.807, 2.05) is 26.0 Å². The van der Waals surface area contributed by atoms with E-state index in [-0.39, 0.29) is 39.9 Å². The number of nitrogens with two attached hydrogens (primary N) is 1. The lowest BCUT2D eigenvalue weighted by Gasteiger charge is -2.17. The lowest BCUT2D eigenvalue weighted by molar-refractivity contribution is 0.0697. The molecule has 0 aliphatic carbocycles. The zero-order valence-electron chi connectivity index (χ0n) is 22.7. The van der Waals surface area contributed by atoms with Crippen LogP contribution in [0.5, 0.6) is 11.5 Å². The first-order chi connectivity index (χ1) is 19.3. The molecule has 4 rings (SSSR count). The number of nitrogens with one attached hydrogen (secondary N) is 3. The Morgan fingerprint density at radius 3 is 2.27 bits per heavy atom. The van der Waals surface area contributed by atoms with Crippen LogP contribution in [0.15, 0.2) is 72.8 Å². The van der Waals surface area contributed by atoms with Gasteiger partial charge in [-0.2, -0.15) is 0 Å². The Kier molecular flexibility index (Phi) is 8.29. The summed E-state index contributed by atoms with van der Waals surface area (Å²) in [4.78, 5) is 25.0. The largest absolute Gasteiger partial charge is 0.478 e. The van der Waals surface area contributed by atoms with E-state index in [0.29, 0.717) is 23.4 Å². The Morgan fingerprint density at radius 2 is 1.61 bits per heavy atom. The molecule has 0 spiro atoms. The summed E-state index contributed by atoms with van der Waals surface area (Å²) >= 11 is 0. The highest BCUT2D eigenvalue weighted by Gasteiger charge is 2.20. The Balaban J connectivity index is 1.80. The minimum atomic E-state index is -3.62. The first-order valence-corrected chi connectivity index (χ1v) is 14.5. The molecule has 41 heavy (non-hydrogen) atoms. The number of aromatic carboxylic acids is 1. The standard InChI is InChI=1S/C30H30N4O6S/c1-17(2)16-33-29(35)21-7-10-24(26(14-21)30(36)37)25-15-22(34-41(3,38)39)8-11-27(25)40-23-9-6-18-12-20(28(31)32)5-4-19(18)13-23/h4-15,17,34H,16H2,1-3H3,(H3,31,32)(H,33,35)(H,36,37). The maximum absolute atomic E-state index is 12.6. The number of fused-ring (bicyclic) bond motifs is 1. The lowest BCUT2D eigenvalue weighted by atomic mass is 9.96. The van der Waals surface area contributed by atoms with Crippen molar-refractivity contribution in [3.8, 4) is 22.6 Å². The Hall–Kier alpha value is -4.90. The minimum Gasteiger partial charge on any atom is -0.478 e. The van der Waals surface area contributed by atoms with E-state index >= 15 is 0 Å². The quantitative estimate of drug-likeness (QED) is 0.130. The van der Waals surface area contributed by atoms with Gasteiger partial charge in [0.2, 0.25) is 10.0 Å². The molecule has 1 amide bonds. The third-order valence-electron chi connectivity index (χ3n) is 6.11. The summed E-state index contributed by atoms with van der Waals surface area (Å²) < 4.78 is 32.4. The zero-order chi connectivity index (χ0) is 29.9. The average Bonchev–Trinajstić information content (AvgIpc) is 2.91. The summed E-state index contributed by atoms with van der Waals surface area (Å²) in [5.74, 6) is -0.785. The molecule has 4 aromatic carbocycles. The molecule has 10 nitrogen and oxygen atoms in total. The molecule has 0 unspecified atom stereocenters. The normalized spacial score (nSPS) is 11.3. The first kappa shape index (κ1) is 29.1. The highest BCUT2D eigenvalue weighted by Crippen LogP contribution is 2.38. The van der Waals surface area contributed by atoms with E-state index in [0.717, 1.165) is 17.0 Å². The molecule has 0 saturated heterocycles. The molecule has 0 bridgehead atoms. The molecule has 4 aromatic rings. The summed E-state index contributed by atoms with van der Waals surface area (Å²) in [7, 11) is -3.62. The van der Waals surface area contributed by atoms with Gasteiger partial charge in [0.15, 0.2) is 0 Å². The van der Waals surface area contributed by atoms with Crippen molar-refractivity contribution in [2.45, 2.75) is 13.8 Å². The van der Waals surface area contributed by atoms with E-state index < -0.39 is 21.9 Å². The second-order valence-electron chi connectivity index (χ2n) is 9.99. The van der Waals surface area contributed by atoms with Gasteiger partial charge in [0.25, 0.3) is 5.91 Å². The molecule has 0 aliphatic heterocycles. The summed E-state index contributed by atoms with van der Waals surface area (Å²) in [6.07, 6.45) is 1.01. The molecule has 0 radical (unpaired) electrons. The number of amidine groups is 1. The van der Waals surface area contributed by atoms with Gasteiger partial charge in [-0.05, 0) is 65.2 Å². The fourth-order valence-electron chi connectivity index (χ4n) is 4.19. The topological polar surface area (TPSA) is 172 Å². The predicted molar refractivity (Wildman–Crippen MR) is 160 cm³/mol. The Labute approximate surface area is 237 Å². The van der Waals surface area contributed by atoms with Crippen LogP contribution in [0.25, 0.3) is 21.9 Å². The van der Waals surface area contributed by atoms with Crippen LogP contribution in [0.3, 0.4) is 0 Å². The van der Waals surface area contributed by atoms with Gasteiger partial charge in [-0.15, -0.1) is 0 Å². The van der Waals surface area contributed by atoms with Crippen LogP contribution in [-0.4, -0.2) is 44.0 Å². The number of hydrogen-bond donors (Lipinski definition) is 5. The molecule has 0 heterocycles. The smallest absolute Gasteiger partial charge is 0.336 e. The molecule has 0 aromatic heterocycles. The number of rotatable bonds is 10. The maximum atomic E-state index is 12.6. The van der Waals surface area contributed by atoms with E-state index in [1.54, 1.807) is 30.3 Å². The van der Waals surface area contributed by atoms with Crippen LogP contribution < -0.4 is 20.5 Å². The van der Waals surface area contributed by atoms with E-state index in [2.05, 4.69) is 10.0 Å². The molecular formula is C30H30N4O6S. The van der Waals surface area contributed by atoms with Gasteiger partial charge in [-0.1, -0.05) is 38.1 Å². The van der Waals surface area contributed by atoms with Crippen LogP contribution in [0.1, 0.15) is 40.1 Å². The fraction of sp³-hybridized carbons (Fsp3) is 0.167. The van der Waals surface area contributed by atoms with Crippen molar-refractivity contribution in [1.29, 1.82) is 5.41 Å². The van der Waals surface area contributed by atoms with Crippen molar-refractivity contribution in [3.63, 3.8) is 0 Å². The summed E-state index contributed by atoms with van der Waals surface area (Å²) in [6, 6.07) is 19.5. The van der Waals surface area contributed by atoms with Crippen molar-refractivity contribution >= 4 is 44.2 Å². The summed E-state index contributed by atoms with van der Waals surface area (Å²) in [5, 5.41) is 22.2. The van der Waals surface area contributed by atoms with Crippen LogP contribution in [-0.2, 0) is 10.0 Å². The van der Waals surface area contributed by atoms with Gasteiger partial charge in [0.05, 0.1) is 11.8 Å². The third-order valence-corrected chi connectivity index (χ3v) is 6.71. The number of nitrogen functional groups attached to an aromatic ring is 1. The van der Waals surface area contributed by atoms with Crippen molar-refractivity contribution in [2.24, 2.45) is 11.7 Å². The third kappa shape index (κ3) is 7.20. The number of anilines is 1. The van der Waals surface area contributed by atoms with Gasteiger partial charge >= 0.3 is 5.97 Å². The number of carboxylic acid groups (broad SMARTS) is 1. The van der Waals surface area contributed by atoms with Gasteiger partial charge in [0.1, 0.15) is 17.3 Å². The number of carbonyl (C=O) groups is 2. The number of benzene rings is 4. The number of ether oxygens (including phenoxy) is 1.